The third kappa shape index (κ3) is 3.45. The molecule has 0 spiro atoms. The van der Waals surface area contributed by atoms with Crippen LogP contribution in [0.25, 0.3) is 21.5 Å². The van der Waals surface area contributed by atoms with Gasteiger partial charge in [0, 0.05) is 23.0 Å². The van der Waals surface area contributed by atoms with Crippen LogP contribution in [-0.4, -0.2) is 10.1 Å². The predicted octanol–water partition coefficient (Wildman–Crippen LogP) is 4.74. The number of phenols is 1. The second kappa shape index (κ2) is 6.96. The van der Waals surface area contributed by atoms with E-state index in [2.05, 4.69) is 11.9 Å². The summed E-state index contributed by atoms with van der Waals surface area (Å²) in [6.07, 6.45) is 7.09. The zero-order chi connectivity index (χ0) is 16.2. The van der Waals surface area contributed by atoms with Gasteiger partial charge in [-0.3, -0.25) is 0 Å². The summed E-state index contributed by atoms with van der Waals surface area (Å²) in [5, 5.41) is 13.4. The molecule has 0 amide bonds. The van der Waals surface area contributed by atoms with Gasteiger partial charge < -0.3 is 9.52 Å². The Labute approximate surface area is 138 Å². The molecule has 3 aromatic rings. The Bertz CT molecular complexity index is 853. The molecule has 0 fully saturated rings. The summed E-state index contributed by atoms with van der Waals surface area (Å²) in [5.41, 5.74) is 1.34. The molecule has 0 radical (unpaired) electrons. The van der Waals surface area contributed by atoms with E-state index in [0.29, 0.717) is 16.2 Å². The highest BCUT2D eigenvalue weighted by Crippen LogP contribution is 2.29. The summed E-state index contributed by atoms with van der Waals surface area (Å²) in [6, 6.07) is 5.25. The minimum atomic E-state index is -0.428. The van der Waals surface area contributed by atoms with E-state index in [-0.39, 0.29) is 5.75 Å². The Morgan fingerprint density at radius 3 is 2.83 bits per heavy atom. The molecule has 0 atom stereocenters. The van der Waals surface area contributed by atoms with Crippen molar-refractivity contribution < 1.29 is 9.52 Å². The summed E-state index contributed by atoms with van der Waals surface area (Å²) < 4.78 is 5.35. The van der Waals surface area contributed by atoms with Crippen LogP contribution in [0.5, 0.6) is 5.75 Å². The molecule has 2 heterocycles. The van der Waals surface area contributed by atoms with Crippen LogP contribution in [0, 0.1) is 0 Å². The SMILES string of the molecule is CCCCCCc1cc2cc(-c3nccs3)c(=O)oc2cc1O. The fourth-order valence-corrected chi connectivity index (χ4v) is 3.29. The molecule has 0 bridgehead atoms. The van der Waals surface area contributed by atoms with Gasteiger partial charge in [-0.2, -0.15) is 0 Å². The number of aromatic nitrogens is 1. The Kier molecular flexibility index (Phi) is 4.76. The van der Waals surface area contributed by atoms with Gasteiger partial charge in [-0.15, -0.1) is 11.3 Å². The number of hydrogen-bond acceptors (Lipinski definition) is 5. The Hall–Kier alpha value is -2.14. The Morgan fingerprint density at radius 1 is 1.22 bits per heavy atom. The van der Waals surface area contributed by atoms with Gasteiger partial charge in [-0.1, -0.05) is 26.2 Å². The lowest BCUT2D eigenvalue weighted by molar-refractivity contribution is 0.464. The lowest BCUT2D eigenvalue weighted by Gasteiger charge is -2.07. The van der Waals surface area contributed by atoms with Crippen molar-refractivity contribution in [2.24, 2.45) is 0 Å². The van der Waals surface area contributed by atoms with Crippen molar-refractivity contribution in [3.8, 4) is 16.3 Å². The number of rotatable bonds is 6. The van der Waals surface area contributed by atoms with Crippen molar-refractivity contribution >= 4 is 22.3 Å². The molecular weight excluding hydrogens is 310 g/mol. The Morgan fingerprint density at radius 2 is 2.09 bits per heavy atom. The average molecular weight is 329 g/mol. The summed E-state index contributed by atoms with van der Waals surface area (Å²) in [4.78, 5) is 16.3. The molecule has 1 aromatic carbocycles. The van der Waals surface area contributed by atoms with Gasteiger partial charge in [0.2, 0.25) is 0 Å². The third-order valence-corrected chi connectivity index (χ3v) is 4.70. The van der Waals surface area contributed by atoms with Crippen LogP contribution in [-0.2, 0) is 6.42 Å². The van der Waals surface area contributed by atoms with Crippen LogP contribution in [0.1, 0.15) is 38.2 Å². The number of benzene rings is 1. The maximum absolute atomic E-state index is 12.1. The number of aromatic hydroxyl groups is 1. The van der Waals surface area contributed by atoms with Gasteiger partial charge in [-0.25, -0.2) is 9.78 Å². The fourth-order valence-electron chi connectivity index (χ4n) is 2.65. The van der Waals surface area contributed by atoms with Gasteiger partial charge in [0.15, 0.2) is 0 Å². The number of fused-ring (bicyclic) bond motifs is 1. The van der Waals surface area contributed by atoms with Crippen LogP contribution in [0.3, 0.4) is 0 Å². The lowest BCUT2D eigenvalue weighted by atomic mass is 10.0. The summed E-state index contributed by atoms with van der Waals surface area (Å²) in [6.45, 7) is 2.18. The highest BCUT2D eigenvalue weighted by Gasteiger charge is 2.12. The first kappa shape index (κ1) is 15.7. The van der Waals surface area contributed by atoms with Crippen molar-refractivity contribution in [1.82, 2.24) is 4.98 Å². The van der Waals surface area contributed by atoms with Crippen molar-refractivity contribution in [2.75, 3.05) is 0 Å². The molecule has 4 nitrogen and oxygen atoms in total. The van der Waals surface area contributed by atoms with E-state index in [1.165, 1.54) is 30.2 Å². The molecule has 0 unspecified atom stereocenters. The number of unbranched alkanes of at least 4 members (excludes halogenated alkanes) is 3. The van der Waals surface area contributed by atoms with E-state index in [1.54, 1.807) is 12.3 Å². The largest absolute Gasteiger partial charge is 0.508 e. The van der Waals surface area contributed by atoms with Gasteiger partial charge >= 0.3 is 5.63 Å². The van der Waals surface area contributed by atoms with Crippen LogP contribution < -0.4 is 5.63 Å². The molecular formula is C18H19NO3S. The van der Waals surface area contributed by atoms with E-state index in [9.17, 15) is 9.90 Å². The fraction of sp³-hybridized carbons (Fsp3) is 0.333. The lowest BCUT2D eigenvalue weighted by Crippen LogP contribution is -2.02. The van der Waals surface area contributed by atoms with Gasteiger partial charge in [0.25, 0.3) is 0 Å². The molecule has 3 rings (SSSR count). The number of hydrogen-bond donors (Lipinski definition) is 1. The summed E-state index contributed by atoms with van der Waals surface area (Å²) in [5.74, 6) is 0.194. The van der Waals surface area contributed by atoms with Crippen LogP contribution >= 0.6 is 11.3 Å². The van der Waals surface area contributed by atoms with Crippen molar-refractivity contribution in [3.05, 3.63) is 45.8 Å². The Balaban J connectivity index is 1.97. The third-order valence-electron chi connectivity index (χ3n) is 3.90. The second-order valence-corrected chi connectivity index (χ2v) is 6.51. The molecule has 2 aromatic heterocycles. The summed E-state index contributed by atoms with van der Waals surface area (Å²) >= 11 is 1.40. The summed E-state index contributed by atoms with van der Waals surface area (Å²) in [7, 11) is 0. The molecule has 0 aliphatic heterocycles. The quantitative estimate of drug-likeness (QED) is 0.524. The first-order valence-corrected chi connectivity index (χ1v) is 8.76. The first-order chi connectivity index (χ1) is 11.2. The standard InChI is InChI=1S/C18H19NO3S/c1-2-3-4-5-6-12-9-13-10-14(17-19-7-8-23-17)18(21)22-16(13)11-15(12)20/h7-11,20H,2-6H2,1H3. The van der Waals surface area contributed by atoms with E-state index >= 15 is 0 Å². The van der Waals surface area contributed by atoms with Crippen molar-refractivity contribution in [1.29, 1.82) is 0 Å². The molecule has 0 saturated carbocycles. The van der Waals surface area contributed by atoms with E-state index in [4.69, 9.17) is 4.42 Å². The van der Waals surface area contributed by atoms with Crippen LogP contribution in [0.2, 0.25) is 0 Å². The highest BCUT2D eigenvalue weighted by atomic mass is 32.1. The van der Waals surface area contributed by atoms with E-state index < -0.39 is 5.63 Å². The smallest absolute Gasteiger partial charge is 0.346 e. The van der Waals surface area contributed by atoms with Gasteiger partial charge in [0.05, 0.1) is 5.56 Å². The van der Waals surface area contributed by atoms with Gasteiger partial charge in [-0.05, 0) is 30.5 Å². The highest BCUT2D eigenvalue weighted by molar-refractivity contribution is 7.13. The minimum Gasteiger partial charge on any atom is -0.508 e. The van der Waals surface area contributed by atoms with E-state index in [1.807, 2.05) is 11.4 Å². The zero-order valence-electron chi connectivity index (χ0n) is 13.0. The average Bonchev–Trinajstić information content (AvgIpc) is 3.06. The normalized spacial score (nSPS) is 11.2. The maximum atomic E-state index is 12.1. The molecule has 0 saturated heterocycles. The van der Waals surface area contributed by atoms with Crippen molar-refractivity contribution in [2.45, 2.75) is 39.0 Å². The number of thiazole rings is 1. The number of phenolic OH excluding ortho intramolecular Hbond substituents is 1. The maximum Gasteiger partial charge on any atom is 0.346 e. The molecule has 0 aliphatic rings. The number of nitrogens with zero attached hydrogens (tertiary/aromatic N) is 1. The van der Waals surface area contributed by atoms with Crippen molar-refractivity contribution in [3.63, 3.8) is 0 Å². The molecule has 23 heavy (non-hydrogen) atoms. The van der Waals surface area contributed by atoms with E-state index in [0.717, 1.165) is 30.2 Å². The molecule has 5 heteroatoms. The monoisotopic (exact) mass is 329 g/mol. The minimum absolute atomic E-state index is 0.194. The second-order valence-electron chi connectivity index (χ2n) is 5.61. The van der Waals surface area contributed by atoms with Gasteiger partial charge in [0.1, 0.15) is 16.3 Å². The molecule has 1 N–H and O–H groups in total. The zero-order valence-corrected chi connectivity index (χ0v) is 13.9. The number of aryl methyl sites for hydroxylation is 1. The molecule has 0 aliphatic carbocycles. The first-order valence-electron chi connectivity index (χ1n) is 7.88. The topological polar surface area (TPSA) is 63.3 Å². The van der Waals surface area contributed by atoms with Crippen LogP contribution in [0.15, 0.2) is 39.0 Å². The molecule has 120 valence electrons. The predicted molar refractivity (Wildman–Crippen MR) is 93.1 cm³/mol. The van der Waals surface area contributed by atoms with Crippen LogP contribution in [0.4, 0.5) is 0 Å².